The molecule has 15 heavy (non-hydrogen) atoms. The third kappa shape index (κ3) is 2.92. The zero-order valence-electron chi connectivity index (χ0n) is 8.77. The number of aliphatic hydroxyl groups excluding tert-OH is 1. The second-order valence-corrected chi connectivity index (χ2v) is 4.53. The summed E-state index contributed by atoms with van der Waals surface area (Å²) in [6.07, 6.45) is 1.85. The topological polar surface area (TPSA) is 42.2 Å². The van der Waals surface area contributed by atoms with Crippen molar-refractivity contribution in [2.75, 3.05) is 0 Å². The second-order valence-electron chi connectivity index (χ2n) is 3.23. The van der Waals surface area contributed by atoms with Crippen molar-refractivity contribution >= 4 is 28.3 Å². The molecule has 1 aromatic rings. The van der Waals surface area contributed by atoms with E-state index in [0.29, 0.717) is 5.70 Å². The van der Waals surface area contributed by atoms with Crippen LogP contribution in [-0.2, 0) is 0 Å². The van der Waals surface area contributed by atoms with Gasteiger partial charge in [0, 0.05) is 15.8 Å². The summed E-state index contributed by atoms with van der Waals surface area (Å²) in [4.78, 5) is 11.6. The minimum Gasteiger partial charge on any atom is -0.387 e. The summed E-state index contributed by atoms with van der Waals surface area (Å²) < 4.78 is 2.49. The minimum atomic E-state index is -0.642. The molecule has 3 nitrogen and oxygen atoms in total. The molecule has 1 unspecified atom stereocenters. The third-order valence-electron chi connectivity index (χ3n) is 2.07. The van der Waals surface area contributed by atoms with Crippen molar-refractivity contribution in [3.8, 4) is 0 Å². The first-order valence-electron chi connectivity index (χ1n) is 4.82. The van der Waals surface area contributed by atoms with Crippen molar-refractivity contribution in [2.24, 2.45) is 0 Å². The zero-order chi connectivity index (χ0) is 11.4. The maximum absolute atomic E-state index is 11.6. The van der Waals surface area contributed by atoms with Crippen LogP contribution in [0, 0.1) is 0 Å². The Morgan fingerprint density at radius 2 is 2.27 bits per heavy atom. The van der Waals surface area contributed by atoms with Crippen LogP contribution in [0.2, 0.25) is 0 Å². The number of aliphatic hydroxyl groups is 1. The van der Waals surface area contributed by atoms with Gasteiger partial charge in [-0.25, -0.2) is 0 Å². The smallest absolute Gasteiger partial charge is 0.254 e. The van der Waals surface area contributed by atoms with Gasteiger partial charge in [-0.2, -0.15) is 0 Å². The Bertz CT molecular complexity index is 421. The van der Waals surface area contributed by atoms with Crippen LogP contribution in [0.5, 0.6) is 0 Å². The van der Waals surface area contributed by atoms with Gasteiger partial charge >= 0.3 is 0 Å². The first-order valence-corrected chi connectivity index (χ1v) is 5.90. The summed E-state index contributed by atoms with van der Waals surface area (Å²) in [6.45, 7) is 3.67. The SMILES string of the molecule is CC/C(I)=C(\C(C)O)n1ccccc1=O. The van der Waals surface area contributed by atoms with E-state index < -0.39 is 6.10 Å². The van der Waals surface area contributed by atoms with Gasteiger partial charge in [-0.15, -0.1) is 0 Å². The van der Waals surface area contributed by atoms with Crippen molar-refractivity contribution in [2.45, 2.75) is 26.4 Å². The number of nitrogens with zero attached hydrogens (tertiary/aromatic N) is 1. The summed E-state index contributed by atoms with van der Waals surface area (Å²) in [5.74, 6) is 0. The van der Waals surface area contributed by atoms with Crippen LogP contribution < -0.4 is 5.56 Å². The minimum absolute atomic E-state index is 0.115. The van der Waals surface area contributed by atoms with Crippen molar-refractivity contribution < 1.29 is 5.11 Å². The molecular formula is C11H14INO2. The standard InChI is InChI=1S/C11H14INO2/c1-3-9(12)11(8(2)14)13-7-5-4-6-10(13)15/h4-8,14H,3H2,1-2H3/b11-9-. The molecule has 1 heterocycles. The highest BCUT2D eigenvalue weighted by molar-refractivity contribution is 14.1. The summed E-state index contributed by atoms with van der Waals surface area (Å²) in [5.41, 5.74) is 0.555. The van der Waals surface area contributed by atoms with E-state index in [9.17, 15) is 9.90 Å². The third-order valence-corrected chi connectivity index (χ3v) is 3.38. The fraction of sp³-hybridized carbons (Fsp3) is 0.364. The molecule has 0 saturated heterocycles. The molecule has 0 amide bonds. The van der Waals surface area contributed by atoms with E-state index in [2.05, 4.69) is 22.6 Å². The van der Waals surface area contributed by atoms with Crippen molar-refractivity contribution in [1.82, 2.24) is 4.57 Å². The van der Waals surface area contributed by atoms with Crippen LogP contribution in [-0.4, -0.2) is 15.8 Å². The summed E-state index contributed by atoms with van der Waals surface area (Å²) >= 11 is 2.16. The maximum atomic E-state index is 11.6. The van der Waals surface area contributed by atoms with Gasteiger partial charge < -0.3 is 5.11 Å². The monoisotopic (exact) mass is 319 g/mol. The zero-order valence-corrected chi connectivity index (χ0v) is 10.9. The van der Waals surface area contributed by atoms with Crippen LogP contribution in [0.15, 0.2) is 32.8 Å². The van der Waals surface area contributed by atoms with Crippen molar-refractivity contribution in [3.05, 3.63) is 38.3 Å². The van der Waals surface area contributed by atoms with E-state index in [0.717, 1.165) is 10.0 Å². The Morgan fingerprint density at radius 3 is 2.73 bits per heavy atom. The highest BCUT2D eigenvalue weighted by Crippen LogP contribution is 2.22. The largest absolute Gasteiger partial charge is 0.387 e. The normalized spacial score (nSPS) is 14.7. The molecular weight excluding hydrogens is 305 g/mol. The molecule has 1 N–H and O–H groups in total. The van der Waals surface area contributed by atoms with Crippen molar-refractivity contribution in [3.63, 3.8) is 0 Å². The number of pyridine rings is 1. The van der Waals surface area contributed by atoms with E-state index >= 15 is 0 Å². The molecule has 82 valence electrons. The Hall–Kier alpha value is -0.620. The van der Waals surface area contributed by atoms with Gasteiger partial charge in [-0.05, 0) is 42.0 Å². The molecule has 1 atom stereocenters. The summed E-state index contributed by atoms with van der Waals surface area (Å²) in [6, 6.07) is 4.96. The lowest BCUT2D eigenvalue weighted by Gasteiger charge is -2.15. The molecule has 0 aliphatic carbocycles. The second kappa shape index (κ2) is 5.46. The lowest BCUT2D eigenvalue weighted by Crippen LogP contribution is -2.23. The van der Waals surface area contributed by atoms with Crippen molar-refractivity contribution in [1.29, 1.82) is 0 Å². The molecule has 0 spiro atoms. The molecule has 0 bridgehead atoms. The van der Waals surface area contributed by atoms with E-state index in [1.807, 2.05) is 6.92 Å². The molecule has 1 aromatic heterocycles. The molecule has 0 aromatic carbocycles. The molecule has 1 rings (SSSR count). The number of aromatic nitrogens is 1. The summed E-state index contributed by atoms with van der Waals surface area (Å²) in [5, 5.41) is 9.67. The first-order chi connectivity index (χ1) is 7.07. The fourth-order valence-electron chi connectivity index (χ4n) is 1.37. The fourth-order valence-corrected chi connectivity index (χ4v) is 2.08. The average Bonchev–Trinajstić information content (AvgIpc) is 2.20. The average molecular weight is 319 g/mol. The van der Waals surface area contributed by atoms with Gasteiger partial charge in [-0.3, -0.25) is 9.36 Å². The number of allylic oxidation sites excluding steroid dienone is 1. The highest BCUT2D eigenvalue weighted by atomic mass is 127. The van der Waals surface area contributed by atoms with Crippen LogP contribution in [0.1, 0.15) is 20.3 Å². The summed E-state index contributed by atoms with van der Waals surface area (Å²) in [7, 11) is 0. The van der Waals surface area contributed by atoms with Gasteiger partial charge in [0.25, 0.3) is 5.56 Å². The van der Waals surface area contributed by atoms with E-state index in [-0.39, 0.29) is 5.56 Å². The Labute approximate surface area is 103 Å². The Balaban J connectivity index is 3.36. The van der Waals surface area contributed by atoms with E-state index in [4.69, 9.17) is 0 Å². The van der Waals surface area contributed by atoms with Crippen LogP contribution >= 0.6 is 22.6 Å². The Kier molecular flexibility index (Phi) is 4.53. The molecule has 0 fully saturated rings. The molecule has 0 saturated carbocycles. The molecule has 4 heteroatoms. The molecule has 0 radical (unpaired) electrons. The predicted octanol–water partition coefficient (Wildman–Crippen LogP) is 2.24. The highest BCUT2D eigenvalue weighted by Gasteiger charge is 2.12. The van der Waals surface area contributed by atoms with Crippen LogP contribution in [0.25, 0.3) is 5.70 Å². The Morgan fingerprint density at radius 1 is 1.60 bits per heavy atom. The first kappa shape index (κ1) is 12.4. The number of hydrogen-bond acceptors (Lipinski definition) is 2. The quantitative estimate of drug-likeness (QED) is 0.868. The number of halogens is 1. The lowest BCUT2D eigenvalue weighted by molar-refractivity contribution is 0.246. The van der Waals surface area contributed by atoms with Crippen LogP contribution in [0.4, 0.5) is 0 Å². The van der Waals surface area contributed by atoms with Gasteiger partial charge in [0.15, 0.2) is 0 Å². The predicted molar refractivity (Wildman–Crippen MR) is 69.9 cm³/mol. The van der Waals surface area contributed by atoms with Gasteiger partial charge in [0.1, 0.15) is 0 Å². The van der Waals surface area contributed by atoms with Gasteiger partial charge in [-0.1, -0.05) is 13.0 Å². The van der Waals surface area contributed by atoms with Gasteiger partial charge in [0.2, 0.25) is 0 Å². The maximum Gasteiger partial charge on any atom is 0.254 e. The molecule has 0 aliphatic heterocycles. The van der Waals surface area contributed by atoms with Crippen LogP contribution in [0.3, 0.4) is 0 Å². The number of rotatable bonds is 3. The molecule has 0 aliphatic rings. The lowest BCUT2D eigenvalue weighted by atomic mass is 10.2. The number of hydrogen-bond donors (Lipinski definition) is 1. The van der Waals surface area contributed by atoms with Gasteiger partial charge in [0.05, 0.1) is 11.8 Å². The van der Waals surface area contributed by atoms with E-state index in [1.54, 1.807) is 25.3 Å². The van der Waals surface area contributed by atoms with E-state index in [1.165, 1.54) is 10.6 Å².